The van der Waals surface area contributed by atoms with Crippen LogP contribution in [0.15, 0.2) is 39.6 Å². The van der Waals surface area contributed by atoms with Crippen molar-refractivity contribution in [3.63, 3.8) is 0 Å². The van der Waals surface area contributed by atoms with Crippen LogP contribution < -0.4 is 10.3 Å². The van der Waals surface area contributed by atoms with Gasteiger partial charge in [-0.1, -0.05) is 39.7 Å². The first-order chi connectivity index (χ1) is 11.9. The van der Waals surface area contributed by atoms with Crippen molar-refractivity contribution in [1.82, 2.24) is 9.97 Å². The van der Waals surface area contributed by atoms with Gasteiger partial charge in [0, 0.05) is 4.47 Å². The van der Waals surface area contributed by atoms with E-state index in [2.05, 4.69) is 25.9 Å². The number of aryl methyl sites for hydroxylation is 1. The third-order valence-electron chi connectivity index (χ3n) is 3.74. The molecule has 0 saturated carbocycles. The molecule has 0 aliphatic carbocycles. The molecule has 0 amide bonds. The summed E-state index contributed by atoms with van der Waals surface area (Å²) in [4.78, 5) is 19.4. The standard InChI is InChI=1S/C18H14BrClN2O3/c1-9-4-3-5-11-16(9)21-17(22-18(11)24)13(20)6-10-7-15(25-2)14(23)8-12(10)19/h3-8,23H,1-2H3,(H,21,22,24)/b13-6+. The molecule has 0 aliphatic heterocycles. The summed E-state index contributed by atoms with van der Waals surface area (Å²) in [6.45, 7) is 1.89. The Morgan fingerprint density at radius 3 is 2.88 bits per heavy atom. The van der Waals surface area contributed by atoms with E-state index in [1.54, 1.807) is 18.2 Å². The number of methoxy groups -OCH3 is 1. The molecule has 0 saturated heterocycles. The highest BCUT2D eigenvalue weighted by molar-refractivity contribution is 9.10. The zero-order chi connectivity index (χ0) is 18.1. The monoisotopic (exact) mass is 420 g/mol. The van der Waals surface area contributed by atoms with Crippen LogP contribution >= 0.6 is 27.5 Å². The summed E-state index contributed by atoms with van der Waals surface area (Å²) in [5.41, 5.74) is 1.92. The van der Waals surface area contributed by atoms with Gasteiger partial charge in [-0.3, -0.25) is 4.79 Å². The van der Waals surface area contributed by atoms with Gasteiger partial charge >= 0.3 is 0 Å². The Kier molecular flexibility index (Phi) is 4.83. The minimum absolute atomic E-state index is 0.00973. The topological polar surface area (TPSA) is 75.2 Å². The molecular formula is C18H14BrClN2O3. The van der Waals surface area contributed by atoms with Crippen molar-refractivity contribution in [1.29, 1.82) is 0 Å². The highest BCUT2D eigenvalue weighted by Gasteiger charge is 2.11. The number of benzene rings is 2. The zero-order valence-corrected chi connectivity index (χ0v) is 15.8. The number of phenols is 1. The Hall–Kier alpha value is -2.31. The number of halogens is 2. The number of aromatic amines is 1. The minimum atomic E-state index is -0.252. The average Bonchev–Trinajstić information content (AvgIpc) is 2.58. The first kappa shape index (κ1) is 17.5. The van der Waals surface area contributed by atoms with Gasteiger partial charge in [-0.05, 0) is 42.3 Å². The molecule has 3 aromatic rings. The van der Waals surface area contributed by atoms with Gasteiger partial charge in [0.25, 0.3) is 5.56 Å². The largest absolute Gasteiger partial charge is 0.504 e. The Bertz CT molecular complexity index is 1060. The van der Waals surface area contributed by atoms with E-state index in [4.69, 9.17) is 16.3 Å². The van der Waals surface area contributed by atoms with Gasteiger partial charge in [0.05, 0.1) is 23.0 Å². The Morgan fingerprint density at radius 2 is 2.16 bits per heavy atom. The van der Waals surface area contributed by atoms with Gasteiger partial charge < -0.3 is 14.8 Å². The normalized spacial score (nSPS) is 11.8. The van der Waals surface area contributed by atoms with Crippen molar-refractivity contribution in [2.24, 2.45) is 0 Å². The lowest BCUT2D eigenvalue weighted by Gasteiger charge is -2.08. The van der Waals surface area contributed by atoms with E-state index in [1.165, 1.54) is 13.2 Å². The molecule has 0 bridgehead atoms. The maximum Gasteiger partial charge on any atom is 0.259 e. The fourth-order valence-corrected chi connectivity index (χ4v) is 3.11. The van der Waals surface area contributed by atoms with E-state index in [1.807, 2.05) is 19.1 Å². The van der Waals surface area contributed by atoms with Gasteiger partial charge in [0.1, 0.15) is 0 Å². The Morgan fingerprint density at radius 1 is 1.40 bits per heavy atom. The van der Waals surface area contributed by atoms with Gasteiger partial charge in [-0.2, -0.15) is 0 Å². The number of phenolic OH excluding ortho intramolecular Hbond substituents is 1. The molecule has 0 radical (unpaired) electrons. The summed E-state index contributed by atoms with van der Waals surface area (Å²) in [7, 11) is 1.46. The summed E-state index contributed by atoms with van der Waals surface area (Å²) in [6, 6.07) is 8.56. The van der Waals surface area contributed by atoms with Crippen LogP contribution in [-0.4, -0.2) is 22.2 Å². The Balaban J connectivity index is 2.14. The number of nitrogens with one attached hydrogen (secondary N) is 1. The van der Waals surface area contributed by atoms with E-state index in [9.17, 15) is 9.90 Å². The smallest absolute Gasteiger partial charge is 0.259 e. The lowest BCUT2D eigenvalue weighted by Crippen LogP contribution is -2.11. The van der Waals surface area contributed by atoms with Crippen molar-refractivity contribution in [2.75, 3.05) is 7.11 Å². The second-order valence-corrected chi connectivity index (χ2v) is 6.68. The SMILES string of the molecule is COc1cc(/C=C(/Cl)c2nc3c(C)cccc3c(=O)[nH]2)c(Br)cc1O. The van der Waals surface area contributed by atoms with Crippen molar-refractivity contribution < 1.29 is 9.84 Å². The number of aromatic hydroxyl groups is 1. The van der Waals surface area contributed by atoms with E-state index in [0.29, 0.717) is 26.7 Å². The van der Waals surface area contributed by atoms with Crippen molar-refractivity contribution >= 4 is 49.5 Å². The highest BCUT2D eigenvalue weighted by Crippen LogP contribution is 2.34. The van der Waals surface area contributed by atoms with Gasteiger partial charge in [0.15, 0.2) is 17.3 Å². The predicted octanol–water partition coefficient (Wildman–Crippen LogP) is 4.45. The number of aromatic nitrogens is 2. The zero-order valence-electron chi connectivity index (χ0n) is 13.4. The van der Waals surface area contributed by atoms with E-state index in [-0.39, 0.29) is 22.2 Å². The van der Waals surface area contributed by atoms with E-state index in [0.717, 1.165) is 5.56 Å². The quantitative estimate of drug-likeness (QED) is 0.655. The van der Waals surface area contributed by atoms with Crippen LogP contribution in [-0.2, 0) is 0 Å². The van der Waals surface area contributed by atoms with Crippen LogP contribution in [0.4, 0.5) is 0 Å². The lowest BCUT2D eigenvalue weighted by molar-refractivity contribution is 0.373. The number of nitrogens with zero attached hydrogens (tertiary/aromatic N) is 1. The van der Waals surface area contributed by atoms with Crippen molar-refractivity contribution in [3.8, 4) is 11.5 Å². The number of hydrogen-bond acceptors (Lipinski definition) is 4. The number of hydrogen-bond donors (Lipinski definition) is 2. The average molecular weight is 422 g/mol. The van der Waals surface area contributed by atoms with Crippen molar-refractivity contribution in [3.05, 3.63) is 62.1 Å². The fraction of sp³-hybridized carbons (Fsp3) is 0.111. The molecule has 5 nitrogen and oxygen atoms in total. The fourth-order valence-electron chi connectivity index (χ4n) is 2.46. The molecule has 2 aromatic carbocycles. The molecule has 0 atom stereocenters. The van der Waals surface area contributed by atoms with E-state index >= 15 is 0 Å². The van der Waals surface area contributed by atoms with Crippen molar-refractivity contribution in [2.45, 2.75) is 6.92 Å². The summed E-state index contributed by atoms with van der Waals surface area (Å²) < 4.78 is 5.73. The highest BCUT2D eigenvalue weighted by atomic mass is 79.9. The molecule has 7 heteroatoms. The molecule has 0 spiro atoms. The number of H-pyrrole nitrogens is 1. The van der Waals surface area contributed by atoms with Crippen LogP contribution in [0.3, 0.4) is 0 Å². The molecule has 1 heterocycles. The van der Waals surface area contributed by atoms with Gasteiger partial charge in [0.2, 0.25) is 0 Å². The maximum absolute atomic E-state index is 12.3. The maximum atomic E-state index is 12.3. The van der Waals surface area contributed by atoms with Crippen LogP contribution in [0.25, 0.3) is 22.0 Å². The molecular weight excluding hydrogens is 408 g/mol. The molecule has 128 valence electrons. The predicted molar refractivity (Wildman–Crippen MR) is 103 cm³/mol. The molecule has 2 N–H and O–H groups in total. The molecule has 0 unspecified atom stereocenters. The first-order valence-electron chi connectivity index (χ1n) is 7.34. The number of fused-ring (bicyclic) bond motifs is 1. The third kappa shape index (κ3) is 3.41. The van der Waals surface area contributed by atoms with Gasteiger partial charge in [-0.15, -0.1) is 0 Å². The summed E-state index contributed by atoms with van der Waals surface area (Å²) in [5, 5.41) is 10.6. The summed E-state index contributed by atoms with van der Waals surface area (Å²) in [6.07, 6.45) is 1.63. The van der Waals surface area contributed by atoms with Gasteiger partial charge in [-0.25, -0.2) is 4.98 Å². The molecule has 0 fully saturated rings. The van der Waals surface area contributed by atoms with Crippen LogP contribution in [0.1, 0.15) is 17.0 Å². The summed E-state index contributed by atoms with van der Waals surface area (Å²) >= 11 is 9.74. The molecule has 25 heavy (non-hydrogen) atoms. The second-order valence-electron chi connectivity index (χ2n) is 5.42. The van der Waals surface area contributed by atoms with E-state index < -0.39 is 0 Å². The molecule has 1 aromatic heterocycles. The minimum Gasteiger partial charge on any atom is -0.504 e. The summed E-state index contributed by atoms with van der Waals surface area (Å²) in [5.74, 6) is 0.595. The first-order valence-corrected chi connectivity index (χ1v) is 8.51. The number of ether oxygens (including phenoxy) is 1. The lowest BCUT2D eigenvalue weighted by atomic mass is 10.1. The number of rotatable bonds is 3. The van der Waals surface area contributed by atoms with Crippen LogP contribution in [0.5, 0.6) is 11.5 Å². The van der Waals surface area contributed by atoms with Crippen LogP contribution in [0.2, 0.25) is 0 Å². The second kappa shape index (κ2) is 6.90. The molecule has 0 aliphatic rings. The molecule has 3 rings (SSSR count). The number of para-hydroxylation sites is 1. The van der Waals surface area contributed by atoms with Crippen LogP contribution in [0, 0.1) is 6.92 Å². The Labute approximate surface area is 157 Å². The third-order valence-corrected chi connectivity index (χ3v) is 4.72.